The second-order valence-corrected chi connectivity index (χ2v) is 5.11. The van der Waals surface area contributed by atoms with E-state index in [0.717, 1.165) is 31.0 Å². The maximum Gasteiger partial charge on any atom is 0.134 e. The Balaban J connectivity index is 2.13. The molecule has 1 unspecified atom stereocenters. The lowest BCUT2D eigenvalue weighted by atomic mass is 10.0. The predicted molar refractivity (Wildman–Crippen MR) is 64.1 cm³/mol. The van der Waals surface area contributed by atoms with Gasteiger partial charge in [-0.15, -0.1) is 10.2 Å². The highest BCUT2D eigenvalue weighted by Crippen LogP contribution is 2.16. The van der Waals surface area contributed by atoms with Crippen LogP contribution in [-0.4, -0.2) is 20.8 Å². The summed E-state index contributed by atoms with van der Waals surface area (Å²) < 4.78 is 2.29. The molecule has 0 bridgehead atoms. The molecular formula is C12H22N4. The highest BCUT2D eigenvalue weighted by Gasteiger charge is 2.17. The predicted octanol–water partition coefficient (Wildman–Crippen LogP) is 1.53. The third-order valence-corrected chi connectivity index (χ3v) is 3.46. The Kier molecular flexibility index (Phi) is 3.59. The van der Waals surface area contributed by atoms with Crippen LogP contribution in [0.1, 0.15) is 44.8 Å². The van der Waals surface area contributed by atoms with Gasteiger partial charge in [0.2, 0.25) is 0 Å². The first-order valence-electron chi connectivity index (χ1n) is 6.35. The van der Waals surface area contributed by atoms with E-state index < -0.39 is 0 Å². The van der Waals surface area contributed by atoms with E-state index in [4.69, 9.17) is 5.73 Å². The quantitative estimate of drug-likeness (QED) is 0.843. The van der Waals surface area contributed by atoms with Crippen molar-refractivity contribution in [2.75, 3.05) is 0 Å². The van der Waals surface area contributed by atoms with Crippen molar-refractivity contribution in [1.29, 1.82) is 0 Å². The largest absolute Gasteiger partial charge is 0.327 e. The van der Waals surface area contributed by atoms with Gasteiger partial charge in [-0.1, -0.05) is 20.3 Å². The van der Waals surface area contributed by atoms with Gasteiger partial charge in [-0.25, -0.2) is 0 Å². The second kappa shape index (κ2) is 4.95. The second-order valence-electron chi connectivity index (χ2n) is 5.11. The summed E-state index contributed by atoms with van der Waals surface area (Å²) in [6, 6.07) is 0.191. The number of fused-ring (bicyclic) bond motifs is 1. The van der Waals surface area contributed by atoms with Crippen LogP contribution in [0.5, 0.6) is 0 Å². The molecule has 1 aromatic rings. The average Bonchev–Trinajstić information content (AvgIpc) is 2.50. The van der Waals surface area contributed by atoms with Crippen molar-refractivity contribution >= 4 is 0 Å². The third kappa shape index (κ3) is 2.43. The van der Waals surface area contributed by atoms with Gasteiger partial charge in [-0.05, 0) is 18.8 Å². The van der Waals surface area contributed by atoms with E-state index in [1.54, 1.807) is 0 Å². The topological polar surface area (TPSA) is 56.7 Å². The molecule has 0 fully saturated rings. The van der Waals surface area contributed by atoms with Crippen LogP contribution in [0, 0.1) is 5.92 Å². The number of nitrogens with two attached hydrogens (primary N) is 1. The fourth-order valence-corrected chi connectivity index (χ4v) is 2.14. The van der Waals surface area contributed by atoms with Gasteiger partial charge in [0.15, 0.2) is 0 Å². The van der Waals surface area contributed by atoms with Crippen LogP contribution >= 0.6 is 0 Å². The fourth-order valence-electron chi connectivity index (χ4n) is 2.14. The van der Waals surface area contributed by atoms with Gasteiger partial charge in [0.1, 0.15) is 11.6 Å². The summed E-state index contributed by atoms with van der Waals surface area (Å²) in [5.74, 6) is 2.74. The fraction of sp³-hybridized carbons (Fsp3) is 0.833. The molecule has 0 saturated heterocycles. The van der Waals surface area contributed by atoms with Crippen molar-refractivity contribution in [3.05, 3.63) is 11.6 Å². The van der Waals surface area contributed by atoms with Crippen molar-refractivity contribution in [3.63, 3.8) is 0 Å². The summed E-state index contributed by atoms with van der Waals surface area (Å²) in [5, 5.41) is 8.58. The van der Waals surface area contributed by atoms with Crippen LogP contribution in [0.3, 0.4) is 0 Å². The first-order chi connectivity index (χ1) is 7.68. The molecule has 0 aliphatic carbocycles. The van der Waals surface area contributed by atoms with Gasteiger partial charge < -0.3 is 10.3 Å². The normalized spacial score (nSPS) is 18.2. The van der Waals surface area contributed by atoms with Crippen molar-refractivity contribution < 1.29 is 0 Å². The zero-order valence-corrected chi connectivity index (χ0v) is 10.3. The molecule has 1 atom stereocenters. The highest BCUT2D eigenvalue weighted by molar-refractivity contribution is 5.00. The number of nitrogens with zero attached hydrogens (tertiary/aromatic N) is 3. The summed E-state index contributed by atoms with van der Waals surface area (Å²) in [7, 11) is 0. The smallest absolute Gasteiger partial charge is 0.134 e. The first-order valence-corrected chi connectivity index (χ1v) is 6.35. The SMILES string of the molecule is CC(C)C(N)Cc1nnc2n1CCCCC2. The number of rotatable bonds is 3. The minimum atomic E-state index is 0.191. The van der Waals surface area contributed by atoms with Gasteiger partial charge in [0.05, 0.1) is 0 Å². The Bertz CT molecular complexity index is 343. The molecule has 0 radical (unpaired) electrons. The number of aryl methyl sites for hydroxylation is 1. The minimum Gasteiger partial charge on any atom is -0.327 e. The van der Waals surface area contributed by atoms with Crippen LogP contribution in [-0.2, 0) is 19.4 Å². The zero-order chi connectivity index (χ0) is 11.5. The molecule has 0 aromatic carbocycles. The molecule has 1 aliphatic rings. The minimum absolute atomic E-state index is 0.191. The monoisotopic (exact) mass is 222 g/mol. The van der Waals surface area contributed by atoms with Crippen molar-refractivity contribution in [3.8, 4) is 0 Å². The van der Waals surface area contributed by atoms with E-state index in [9.17, 15) is 0 Å². The van der Waals surface area contributed by atoms with E-state index in [1.165, 1.54) is 19.3 Å². The lowest BCUT2D eigenvalue weighted by molar-refractivity contribution is 0.468. The van der Waals surface area contributed by atoms with E-state index in [1.807, 2.05) is 0 Å². The summed E-state index contributed by atoms with van der Waals surface area (Å²) in [6.07, 6.45) is 5.72. The molecule has 2 heterocycles. The maximum absolute atomic E-state index is 6.10. The highest BCUT2D eigenvalue weighted by atomic mass is 15.3. The first kappa shape index (κ1) is 11.6. The van der Waals surface area contributed by atoms with Crippen molar-refractivity contribution in [1.82, 2.24) is 14.8 Å². The molecule has 0 spiro atoms. The summed E-state index contributed by atoms with van der Waals surface area (Å²) in [4.78, 5) is 0. The van der Waals surface area contributed by atoms with Crippen molar-refractivity contribution in [2.45, 2.75) is 58.5 Å². The summed E-state index contributed by atoms with van der Waals surface area (Å²) >= 11 is 0. The molecule has 1 aromatic heterocycles. The van der Waals surface area contributed by atoms with E-state index in [0.29, 0.717) is 5.92 Å². The summed E-state index contributed by atoms with van der Waals surface area (Å²) in [5.41, 5.74) is 6.10. The lowest BCUT2D eigenvalue weighted by Gasteiger charge is -2.15. The molecule has 1 aliphatic heterocycles. The number of hydrogen-bond acceptors (Lipinski definition) is 3. The van der Waals surface area contributed by atoms with Crippen LogP contribution < -0.4 is 5.73 Å². The van der Waals surface area contributed by atoms with Gasteiger partial charge in [-0.2, -0.15) is 0 Å². The Labute approximate surface area is 97.2 Å². The number of aromatic nitrogens is 3. The van der Waals surface area contributed by atoms with Gasteiger partial charge in [-0.3, -0.25) is 0 Å². The van der Waals surface area contributed by atoms with Gasteiger partial charge >= 0.3 is 0 Å². The average molecular weight is 222 g/mol. The Hall–Kier alpha value is -0.900. The molecule has 4 heteroatoms. The Morgan fingerprint density at radius 3 is 2.81 bits per heavy atom. The molecular weight excluding hydrogens is 200 g/mol. The number of hydrogen-bond donors (Lipinski definition) is 1. The third-order valence-electron chi connectivity index (χ3n) is 3.46. The summed E-state index contributed by atoms with van der Waals surface area (Å²) in [6.45, 7) is 5.39. The van der Waals surface area contributed by atoms with Crippen LogP contribution in [0.4, 0.5) is 0 Å². The molecule has 2 rings (SSSR count). The van der Waals surface area contributed by atoms with Crippen molar-refractivity contribution in [2.24, 2.45) is 11.7 Å². The Morgan fingerprint density at radius 1 is 1.25 bits per heavy atom. The molecule has 90 valence electrons. The molecule has 0 saturated carbocycles. The standard InChI is InChI=1S/C12H22N4/c1-9(2)10(13)8-12-15-14-11-6-4-3-5-7-16(11)12/h9-10H,3-8,13H2,1-2H3. The van der Waals surface area contributed by atoms with Crippen LogP contribution in [0.2, 0.25) is 0 Å². The van der Waals surface area contributed by atoms with Gasteiger partial charge in [0, 0.05) is 25.4 Å². The van der Waals surface area contributed by atoms with Crippen LogP contribution in [0.25, 0.3) is 0 Å². The van der Waals surface area contributed by atoms with E-state index in [-0.39, 0.29) is 6.04 Å². The van der Waals surface area contributed by atoms with E-state index in [2.05, 4.69) is 28.6 Å². The molecule has 4 nitrogen and oxygen atoms in total. The molecule has 0 amide bonds. The molecule has 16 heavy (non-hydrogen) atoms. The lowest BCUT2D eigenvalue weighted by Crippen LogP contribution is -2.30. The van der Waals surface area contributed by atoms with Crippen LogP contribution in [0.15, 0.2) is 0 Å². The van der Waals surface area contributed by atoms with Gasteiger partial charge in [0.25, 0.3) is 0 Å². The maximum atomic E-state index is 6.10. The zero-order valence-electron chi connectivity index (χ0n) is 10.3. The Morgan fingerprint density at radius 2 is 2.06 bits per heavy atom. The van der Waals surface area contributed by atoms with E-state index >= 15 is 0 Å². The molecule has 2 N–H and O–H groups in total.